The van der Waals surface area contributed by atoms with Crippen molar-refractivity contribution in [2.75, 3.05) is 36.9 Å². The van der Waals surface area contributed by atoms with E-state index in [1.54, 1.807) is 4.90 Å². The largest absolute Gasteiger partial charge is 0.417 e. The molecule has 3 aromatic carbocycles. The summed E-state index contributed by atoms with van der Waals surface area (Å²) in [6.07, 6.45) is -5.07. The maximum atomic E-state index is 15.4. The van der Waals surface area contributed by atoms with Crippen LogP contribution in [0.1, 0.15) is 33.2 Å². The number of likely N-dealkylation sites (N-methyl/N-ethyl adjacent to an activating group) is 1. The van der Waals surface area contributed by atoms with Gasteiger partial charge in [-0.05, 0) is 50.4 Å². The first kappa shape index (κ1) is 28.9. The number of carbonyl (C=O) groups is 2. The third-order valence-electron chi connectivity index (χ3n) is 6.80. The average Bonchev–Trinajstić information content (AvgIpc) is 2.87. The number of hydrogen-bond donors (Lipinski definition) is 2. The lowest BCUT2D eigenvalue weighted by atomic mass is 9.99. The van der Waals surface area contributed by atoms with Crippen LogP contribution >= 0.6 is 0 Å². The van der Waals surface area contributed by atoms with Gasteiger partial charge in [-0.15, -0.1) is 0 Å². The van der Waals surface area contributed by atoms with Gasteiger partial charge in [-0.1, -0.05) is 6.07 Å². The van der Waals surface area contributed by atoms with E-state index in [0.29, 0.717) is 31.8 Å². The zero-order chi connectivity index (χ0) is 29.5. The van der Waals surface area contributed by atoms with Crippen molar-refractivity contribution in [2.45, 2.75) is 19.1 Å². The van der Waals surface area contributed by atoms with E-state index >= 15 is 4.39 Å². The lowest BCUT2D eigenvalue weighted by Gasteiger charge is -2.39. The molecule has 0 bridgehead atoms. The summed E-state index contributed by atoms with van der Waals surface area (Å²) < 4.78 is 99.1. The highest BCUT2D eigenvalue weighted by atomic mass is 19.4. The van der Waals surface area contributed by atoms with Gasteiger partial charge < -0.3 is 20.9 Å². The van der Waals surface area contributed by atoms with Gasteiger partial charge in [0, 0.05) is 36.8 Å². The lowest BCUT2D eigenvalue weighted by molar-refractivity contribution is -0.138. The fourth-order valence-electron chi connectivity index (χ4n) is 4.48. The van der Waals surface area contributed by atoms with Gasteiger partial charge in [0.05, 0.1) is 28.1 Å². The fourth-order valence-corrected chi connectivity index (χ4v) is 4.48. The van der Waals surface area contributed by atoms with Crippen LogP contribution in [-0.2, 0) is 6.18 Å². The summed E-state index contributed by atoms with van der Waals surface area (Å²) in [6, 6.07) is 5.19. The first-order valence-corrected chi connectivity index (χ1v) is 11.9. The molecule has 13 heteroatoms. The second kappa shape index (κ2) is 10.8. The summed E-state index contributed by atoms with van der Waals surface area (Å²) in [5.74, 6) is -7.99. The molecular weight excluding hydrogens is 545 g/mol. The lowest BCUT2D eigenvalue weighted by Crippen LogP contribution is -2.50. The molecule has 1 aliphatic heterocycles. The Labute approximate surface area is 224 Å². The minimum absolute atomic E-state index is 0.0261. The molecule has 1 fully saturated rings. The Kier molecular flexibility index (Phi) is 7.79. The van der Waals surface area contributed by atoms with Crippen LogP contribution in [0.5, 0.6) is 0 Å². The molecule has 212 valence electrons. The maximum absolute atomic E-state index is 15.4. The van der Waals surface area contributed by atoms with E-state index in [2.05, 4.69) is 5.32 Å². The van der Waals surface area contributed by atoms with E-state index in [-0.39, 0.29) is 23.5 Å². The summed E-state index contributed by atoms with van der Waals surface area (Å²) in [7, 11) is 1.87. The molecule has 2 amide bonds. The van der Waals surface area contributed by atoms with Crippen LogP contribution in [-0.4, -0.2) is 49.4 Å². The molecule has 1 saturated heterocycles. The first-order chi connectivity index (χ1) is 18.7. The number of piperazine rings is 1. The van der Waals surface area contributed by atoms with Crippen LogP contribution in [0.25, 0.3) is 11.1 Å². The number of benzene rings is 3. The van der Waals surface area contributed by atoms with Crippen LogP contribution in [0.2, 0.25) is 0 Å². The van der Waals surface area contributed by atoms with Crippen molar-refractivity contribution in [1.82, 2.24) is 4.90 Å². The molecule has 0 aliphatic carbocycles. The quantitative estimate of drug-likeness (QED) is 0.403. The van der Waals surface area contributed by atoms with E-state index < -0.39 is 69.1 Å². The molecule has 0 unspecified atom stereocenters. The topological polar surface area (TPSA) is 78.7 Å². The van der Waals surface area contributed by atoms with E-state index in [1.807, 2.05) is 18.9 Å². The van der Waals surface area contributed by atoms with Crippen LogP contribution in [0.4, 0.5) is 42.1 Å². The number of amides is 2. The zero-order valence-corrected chi connectivity index (χ0v) is 21.2. The molecule has 3 aromatic rings. The number of primary amides is 1. The number of nitrogens with zero attached hydrogens (tertiary/aromatic N) is 2. The second-order valence-corrected chi connectivity index (χ2v) is 9.42. The predicted octanol–water partition coefficient (Wildman–Crippen LogP) is 5.42. The van der Waals surface area contributed by atoms with E-state index in [0.717, 1.165) is 24.3 Å². The van der Waals surface area contributed by atoms with Gasteiger partial charge in [-0.3, -0.25) is 9.59 Å². The number of rotatable bonds is 5. The second-order valence-electron chi connectivity index (χ2n) is 9.42. The Bertz CT molecular complexity index is 1490. The fraction of sp³-hybridized carbons (Fsp3) is 0.259. The molecule has 1 atom stereocenters. The zero-order valence-electron chi connectivity index (χ0n) is 21.2. The highest BCUT2D eigenvalue weighted by molar-refractivity contribution is 6.07. The van der Waals surface area contributed by atoms with Gasteiger partial charge in [0.1, 0.15) is 11.6 Å². The summed E-state index contributed by atoms with van der Waals surface area (Å²) in [5.41, 5.74) is 0.557. The molecule has 0 radical (unpaired) electrons. The molecule has 1 aliphatic rings. The van der Waals surface area contributed by atoms with Crippen molar-refractivity contribution >= 4 is 23.2 Å². The van der Waals surface area contributed by atoms with Gasteiger partial charge >= 0.3 is 6.18 Å². The van der Waals surface area contributed by atoms with Crippen LogP contribution in [0.3, 0.4) is 0 Å². The third-order valence-corrected chi connectivity index (χ3v) is 6.80. The number of hydrogen-bond acceptors (Lipinski definition) is 4. The number of nitrogens with one attached hydrogen (secondary N) is 1. The molecule has 0 aromatic heterocycles. The van der Waals surface area contributed by atoms with Crippen molar-refractivity contribution in [3.05, 3.63) is 82.4 Å². The van der Waals surface area contributed by atoms with Crippen molar-refractivity contribution in [1.29, 1.82) is 0 Å². The monoisotopic (exact) mass is 568 g/mol. The van der Waals surface area contributed by atoms with Crippen molar-refractivity contribution in [3.8, 4) is 11.1 Å². The Morgan fingerprint density at radius 1 is 0.925 bits per heavy atom. The number of carbonyl (C=O) groups excluding carboxylic acids is 2. The Morgan fingerprint density at radius 3 is 2.23 bits per heavy atom. The molecule has 1 heterocycles. The smallest absolute Gasteiger partial charge is 0.367 e. The highest BCUT2D eigenvalue weighted by Crippen LogP contribution is 2.38. The van der Waals surface area contributed by atoms with Gasteiger partial charge in [0.25, 0.3) is 11.8 Å². The van der Waals surface area contributed by atoms with Gasteiger partial charge in [0.2, 0.25) is 0 Å². The molecule has 0 saturated carbocycles. The summed E-state index contributed by atoms with van der Waals surface area (Å²) in [4.78, 5) is 28.2. The standard InChI is InChI=1S/C27H23F7N4O2/c1-13-12-38(8-7-37(13)2)22-11-20(29)18(15-5-6-17(25(35)39)24(31)23(15)30)10-21(22)36-26(40)16-4-3-14(28)9-19(16)27(32,33)34/h3-6,9-11,13H,7-8,12H2,1-2H3,(H2,35,39)(H,36,40)/t13-/m0/s1. The van der Waals surface area contributed by atoms with Crippen LogP contribution in [0.15, 0.2) is 42.5 Å². The van der Waals surface area contributed by atoms with E-state index in [4.69, 9.17) is 5.73 Å². The Balaban J connectivity index is 1.85. The minimum Gasteiger partial charge on any atom is -0.367 e. The molecule has 0 spiro atoms. The minimum atomic E-state index is -5.07. The van der Waals surface area contributed by atoms with Gasteiger partial charge in [0.15, 0.2) is 11.6 Å². The van der Waals surface area contributed by atoms with Crippen molar-refractivity contribution in [3.63, 3.8) is 0 Å². The van der Waals surface area contributed by atoms with Gasteiger partial charge in [-0.25, -0.2) is 17.6 Å². The number of halogens is 7. The normalized spacial score (nSPS) is 16.2. The SMILES string of the molecule is C[C@H]1CN(c2cc(F)c(-c3ccc(C(N)=O)c(F)c3F)cc2NC(=O)c2ccc(F)cc2C(F)(F)F)CCN1C. The molecular formula is C27H23F7N4O2. The Hall–Kier alpha value is -4.13. The average molecular weight is 568 g/mol. The summed E-state index contributed by atoms with van der Waals surface area (Å²) in [6.45, 7) is 3.12. The van der Waals surface area contributed by atoms with Crippen LogP contribution < -0.4 is 16.0 Å². The maximum Gasteiger partial charge on any atom is 0.417 e. The van der Waals surface area contributed by atoms with E-state index in [9.17, 15) is 35.9 Å². The van der Waals surface area contributed by atoms with Gasteiger partial charge in [-0.2, -0.15) is 13.2 Å². The summed E-state index contributed by atoms with van der Waals surface area (Å²) in [5, 5.41) is 2.31. The molecule has 6 nitrogen and oxygen atoms in total. The molecule has 3 N–H and O–H groups in total. The first-order valence-electron chi connectivity index (χ1n) is 11.9. The molecule has 40 heavy (non-hydrogen) atoms. The number of nitrogens with two attached hydrogens (primary N) is 1. The van der Waals surface area contributed by atoms with E-state index in [1.165, 1.54) is 0 Å². The van der Waals surface area contributed by atoms with Crippen molar-refractivity contribution in [2.24, 2.45) is 5.73 Å². The summed E-state index contributed by atoms with van der Waals surface area (Å²) >= 11 is 0. The van der Waals surface area contributed by atoms with Crippen LogP contribution in [0, 0.1) is 23.3 Å². The number of alkyl halides is 3. The highest BCUT2D eigenvalue weighted by Gasteiger charge is 2.36. The molecule has 4 rings (SSSR count). The number of anilines is 2. The Morgan fingerprint density at radius 2 is 1.60 bits per heavy atom. The third kappa shape index (κ3) is 5.60. The van der Waals surface area contributed by atoms with Crippen molar-refractivity contribution < 1.29 is 40.3 Å². The predicted molar refractivity (Wildman–Crippen MR) is 134 cm³/mol.